The molecule has 0 aliphatic rings. The molecule has 0 fully saturated rings. The molecule has 2 N–H and O–H groups in total. The summed E-state index contributed by atoms with van der Waals surface area (Å²) in [5, 5.41) is 1.07. The van der Waals surface area contributed by atoms with E-state index in [0.717, 1.165) is 16.7 Å². The summed E-state index contributed by atoms with van der Waals surface area (Å²) in [4.78, 5) is 3.28. The number of hydrogen-bond acceptors (Lipinski definition) is 3. The van der Waals surface area contributed by atoms with Crippen LogP contribution in [0.5, 0.6) is 0 Å². The largest absolute Gasteiger partial charge is 0.434 e. The van der Waals surface area contributed by atoms with Gasteiger partial charge >= 0.3 is 6.18 Å². The fourth-order valence-electron chi connectivity index (χ4n) is 0.588. The maximum absolute atomic E-state index is 12.0. The van der Waals surface area contributed by atoms with E-state index in [1.54, 1.807) is 0 Å². The summed E-state index contributed by atoms with van der Waals surface area (Å²) in [5.74, 6) is 4.86. The first-order valence-electron chi connectivity index (χ1n) is 3.25. The molecule has 0 saturated heterocycles. The molecule has 2 nitrogen and oxygen atoms in total. The third-order valence-corrected chi connectivity index (χ3v) is 1.85. The standard InChI is InChI=1S/C7H5F3N2S/c8-7(9,10)5-4-13-6(12-5)2-1-3-11/h4H,3,11H2. The molecule has 0 amide bonds. The molecule has 1 aromatic heterocycles. The van der Waals surface area contributed by atoms with Crippen LogP contribution in [0.4, 0.5) is 13.2 Å². The Hall–Kier alpha value is -1.06. The lowest BCUT2D eigenvalue weighted by molar-refractivity contribution is -0.140. The summed E-state index contributed by atoms with van der Waals surface area (Å²) in [7, 11) is 0. The van der Waals surface area contributed by atoms with Crippen molar-refractivity contribution in [1.29, 1.82) is 0 Å². The van der Waals surface area contributed by atoms with Gasteiger partial charge in [0.05, 0.1) is 6.54 Å². The van der Waals surface area contributed by atoms with E-state index in [9.17, 15) is 13.2 Å². The molecule has 6 heteroatoms. The predicted octanol–water partition coefficient (Wildman–Crippen LogP) is 1.47. The molecule has 0 spiro atoms. The minimum Gasteiger partial charge on any atom is -0.320 e. The second-order valence-corrected chi connectivity index (χ2v) is 2.90. The molecule has 0 unspecified atom stereocenters. The van der Waals surface area contributed by atoms with Gasteiger partial charge in [-0.15, -0.1) is 11.3 Å². The van der Waals surface area contributed by atoms with Crippen LogP contribution in [0, 0.1) is 11.8 Å². The molecule has 0 radical (unpaired) electrons. The van der Waals surface area contributed by atoms with Crippen LogP contribution >= 0.6 is 11.3 Å². The molecule has 0 bridgehead atoms. The van der Waals surface area contributed by atoms with Crippen molar-refractivity contribution >= 4 is 11.3 Å². The summed E-state index contributed by atoms with van der Waals surface area (Å²) in [6.45, 7) is 0.112. The van der Waals surface area contributed by atoms with E-state index in [4.69, 9.17) is 5.73 Å². The summed E-state index contributed by atoms with van der Waals surface area (Å²) in [6.07, 6.45) is -4.39. The smallest absolute Gasteiger partial charge is 0.320 e. The predicted molar refractivity (Wildman–Crippen MR) is 43.0 cm³/mol. The van der Waals surface area contributed by atoms with Gasteiger partial charge < -0.3 is 5.73 Å². The van der Waals surface area contributed by atoms with Gasteiger partial charge in [-0.1, -0.05) is 5.92 Å². The monoisotopic (exact) mass is 206 g/mol. The first kappa shape index (κ1) is 10.0. The van der Waals surface area contributed by atoms with E-state index in [0.29, 0.717) is 0 Å². The molecule has 70 valence electrons. The lowest BCUT2D eigenvalue weighted by Gasteiger charge is -1.98. The SMILES string of the molecule is NCC#Cc1nc(C(F)(F)F)cs1. The number of halogens is 3. The van der Waals surface area contributed by atoms with Crippen LogP contribution in [-0.4, -0.2) is 11.5 Å². The Balaban J connectivity index is 2.87. The fourth-order valence-corrected chi connectivity index (χ4v) is 1.28. The Labute approximate surface area is 76.6 Å². The number of hydrogen-bond donors (Lipinski definition) is 1. The van der Waals surface area contributed by atoms with Crippen LogP contribution in [0.1, 0.15) is 10.7 Å². The van der Waals surface area contributed by atoms with Crippen LogP contribution in [0.25, 0.3) is 0 Å². The van der Waals surface area contributed by atoms with Crippen molar-refractivity contribution in [2.24, 2.45) is 5.73 Å². The third kappa shape index (κ3) is 2.72. The van der Waals surface area contributed by atoms with Gasteiger partial charge in [-0.2, -0.15) is 13.2 Å². The van der Waals surface area contributed by atoms with Crippen LogP contribution in [0.3, 0.4) is 0 Å². The zero-order valence-corrected chi connectivity index (χ0v) is 7.17. The molecule has 0 aliphatic carbocycles. The van der Waals surface area contributed by atoms with E-state index in [2.05, 4.69) is 16.8 Å². The van der Waals surface area contributed by atoms with Gasteiger partial charge in [0.15, 0.2) is 10.7 Å². The molecular formula is C7H5F3N2S. The Kier molecular flexibility index (Phi) is 2.90. The second-order valence-electron chi connectivity index (χ2n) is 2.04. The molecule has 1 heterocycles. The van der Waals surface area contributed by atoms with E-state index < -0.39 is 11.9 Å². The molecule has 13 heavy (non-hydrogen) atoms. The third-order valence-electron chi connectivity index (χ3n) is 1.09. The highest BCUT2D eigenvalue weighted by Gasteiger charge is 2.33. The molecule has 0 saturated carbocycles. The highest BCUT2D eigenvalue weighted by Crippen LogP contribution is 2.29. The van der Waals surface area contributed by atoms with Crippen molar-refractivity contribution in [3.05, 3.63) is 16.1 Å². The van der Waals surface area contributed by atoms with Gasteiger partial charge in [-0.05, 0) is 5.92 Å². The molecule has 0 aliphatic heterocycles. The van der Waals surface area contributed by atoms with Crippen LogP contribution < -0.4 is 5.73 Å². The van der Waals surface area contributed by atoms with Gasteiger partial charge in [0.2, 0.25) is 0 Å². The van der Waals surface area contributed by atoms with E-state index in [1.165, 1.54) is 0 Å². The molecule has 0 atom stereocenters. The lowest BCUT2D eigenvalue weighted by Crippen LogP contribution is -2.04. The van der Waals surface area contributed by atoms with Crippen molar-refractivity contribution in [3.8, 4) is 11.8 Å². The van der Waals surface area contributed by atoms with E-state index >= 15 is 0 Å². The van der Waals surface area contributed by atoms with Crippen LogP contribution in [-0.2, 0) is 6.18 Å². The normalized spacial score (nSPS) is 10.8. The van der Waals surface area contributed by atoms with Gasteiger partial charge in [-0.3, -0.25) is 0 Å². The summed E-state index contributed by atoms with van der Waals surface area (Å²) in [6, 6.07) is 0. The van der Waals surface area contributed by atoms with Gasteiger partial charge in [-0.25, -0.2) is 4.98 Å². The zero-order chi connectivity index (χ0) is 9.90. The van der Waals surface area contributed by atoms with Crippen LogP contribution in [0.15, 0.2) is 5.38 Å². The summed E-state index contributed by atoms with van der Waals surface area (Å²) in [5.41, 5.74) is 4.15. The average molecular weight is 206 g/mol. The maximum atomic E-state index is 12.0. The number of alkyl halides is 3. The summed E-state index contributed by atoms with van der Waals surface area (Å²) < 4.78 is 36.0. The minimum atomic E-state index is -4.39. The number of nitrogens with two attached hydrogens (primary N) is 1. The number of rotatable bonds is 0. The first-order valence-corrected chi connectivity index (χ1v) is 4.13. The highest BCUT2D eigenvalue weighted by atomic mass is 32.1. The Morgan fingerprint density at radius 3 is 2.69 bits per heavy atom. The van der Waals surface area contributed by atoms with Crippen LogP contribution in [0.2, 0.25) is 0 Å². The van der Waals surface area contributed by atoms with Gasteiger partial charge in [0.25, 0.3) is 0 Å². The first-order chi connectivity index (χ1) is 6.04. The van der Waals surface area contributed by atoms with Crippen molar-refractivity contribution in [3.63, 3.8) is 0 Å². The fraction of sp³-hybridized carbons (Fsp3) is 0.286. The van der Waals surface area contributed by atoms with Crippen molar-refractivity contribution in [2.45, 2.75) is 6.18 Å². The number of aromatic nitrogens is 1. The molecule has 1 rings (SSSR count). The second kappa shape index (κ2) is 3.77. The van der Waals surface area contributed by atoms with Crippen molar-refractivity contribution in [2.75, 3.05) is 6.54 Å². The topological polar surface area (TPSA) is 38.9 Å². The van der Waals surface area contributed by atoms with Crippen molar-refractivity contribution in [1.82, 2.24) is 4.98 Å². The lowest BCUT2D eigenvalue weighted by atomic mass is 10.5. The summed E-state index contributed by atoms with van der Waals surface area (Å²) >= 11 is 0.856. The average Bonchev–Trinajstić information content (AvgIpc) is 2.47. The van der Waals surface area contributed by atoms with Gasteiger partial charge in [0.1, 0.15) is 0 Å². The minimum absolute atomic E-state index is 0.112. The maximum Gasteiger partial charge on any atom is 0.434 e. The van der Waals surface area contributed by atoms with E-state index in [-0.39, 0.29) is 11.6 Å². The number of nitrogens with zero attached hydrogens (tertiary/aromatic N) is 1. The Morgan fingerprint density at radius 2 is 2.23 bits per heavy atom. The van der Waals surface area contributed by atoms with E-state index in [1.807, 2.05) is 0 Å². The highest BCUT2D eigenvalue weighted by molar-refractivity contribution is 7.10. The zero-order valence-electron chi connectivity index (χ0n) is 6.35. The quantitative estimate of drug-likeness (QED) is 0.653. The van der Waals surface area contributed by atoms with Gasteiger partial charge in [0, 0.05) is 5.38 Å². The molecule has 0 aromatic carbocycles. The number of thiazole rings is 1. The molecular weight excluding hydrogens is 201 g/mol. The molecule has 1 aromatic rings. The Morgan fingerprint density at radius 1 is 1.54 bits per heavy atom. The van der Waals surface area contributed by atoms with Crippen molar-refractivity contribution < 1.29 is 13.2 Å². The Bertz CT molecular complexity index is 345.